The van der Waals surface area contributed by atoms with Crippen molar-refractivity contribution in [3.05, 3.63) is 33.8 Å². The minimum Gasteiger partial charge on any atom is -0.493 e. The zero-order valence-corrected chi connectivity index (χ0v) is 15.4. The monoisotopic (exact) mass is 394 g/mol. The van der Waals surface area contributed by atoms with Gasteiger partial charge in [0.05, 0.1) is 18.6 Å². The molecule has 1 aliphatic carbocycles. The van der Waals surface area contributed by atoms with E-state index in [9.17, 15) is 5.11 Å². The summed E-state index contributed by atoms with van der Waals surface area (Å²) in [5.74, 6) is 1.60. The molecule has 2 aliphatic heterocycles. The first-order valence-corrected chi connectivity index (χ1v) is 9.24. The van der Waals surface area contributed by atoms with Crippen molar-refractivity contribution in [2.45, 2.75) is 37.0 Å². The summed E-state index contributed by atoms with van der Waals surface area (Å²) in [4.78, 5) is 2.40. The van der Waals surface area contributed by atoms with Crippen LogP contribution < -0.4 is 15.2 Å². The van der Waals surface area contributed by atoms with E-state index in [4.69, 9.17) is 15.2 Å². The van der Waals surface area contributed by atoms with E-state index in [2.05, 4.69) is 26.9 Å². The molecule has 4 rings (SSSR count). The second-order valence-electron chi connectivity index (χ2n) is 6.87. The molecule has 1 spiro atoms. The highest BCUT2D eigenvalue weighted by Crippen LogP contribution is 2.57. The highest BCUT2D eigenvalue weighted by Gasteiger charge is 2.53. The lowest BCUT2D eigenvalue weighted by Gasteiger charge is -2.36. The van der Waals surface area contributed by atoms with E-state index < -0.39 is 6.10 Å². The zero-order valence-electron chi connectivity index (χ0n) is 13.8. The summed E-state index contributed by atoms with van der Waals surface area (Å²) in [6, 6.07) is 1.99. The van der Waals surface area contributed by atoms with Crippen molar-refractivity contribution in [3.8, 4) is 11.5 Å². The van der Waals surface area contributed by atoms with Crippen molar-refractivity contribution in [2.75, 3.05) is 26.7 Å². The Morgan fingerprint density at radius 2 is 2.38 bits per heavy atom. The Kier molecular flexibility index (Phi) is 4.11. The molecule has 24 heavy (non-hydrogen) atoms. The Bertz CT molecular complexity index is 693. The van der Waals surface area contributed by atoms with Crippen LogP contribution in [-0.4, -0.2) is 49.0 Å². The number of rotatable bonds is 3. The fourth-order valence-corrected chi connectivity index (χ4v) is 4.92. The van der Waals surface area contributed by atoms with E-state index >= 15 is 0 Å². The Hall–Kier alpha value is -1.08. The van der Waals surface area contributed by atoms with Gasteiger partial charge in [0.2, 0.25) is 0 Å². The molecular formula is C18H23BrN2O3. The van der Waals surface area contributed by atoms with Crippen LogP contribution in [0.3, 0.4) is 0 Å². The number of aliphatic hydroxyl groups is 1. The molecule has 0 radical (unpaired) electrons. The van der Waals surface area contributed by atoms with Crippen molar-refractivity contribution < 1.29 is 14.6 Å². The lowest BCUT2D eigenvalue weighted by atomic mass is 9.69. The second kappa shape index (κ2) is 6.02. The number of nitrogens with zero attached hydrogens (tertiary/aromatic N) is 1. The van der Waals surface area contributed by atoms with Crippen molar-refractivity contribution in [2.24, 2.45) is 5.73 Å². The largest absolute Gasteiger partial charge is 0.493 e. The summed E-state index contributed by atoms with van der Waals surface area (Å²) in [7, 11) is 1.67. The van der Waals surface area contributed by atoms with Gasteiger partial charge < -0.3 is 20.3 Å². The Morgan fingerprint density at radius 3 is 3.12 bits per heavy atom. The minimum absolute atomic E-state index is 0.0488. The van der Waals surface area contributed by atoms with Gasteiger partial charge in [-0.2, -0.15) is 0 Å². The second-order valence-corrected chi connectivity index (χ2v) is 7.72. The summed E-state index contributed by atoms with van der Waals surface area (Å²) in [5.41, 5.74) is 8.08. The molecule has 2 unspecified atom stereocenters. The van der Waals surface area contributed by atoms with Gasteiger partial charge in [-0.25, -0.2) is 0 Å². The summed E-state index contributed by atoms with van der Waals surface area (Å²) >= 11 is 3.73. The van der Waals surface area contributed by atoms with Gasteiger partial charge in [-0.3, -0.25) is 4.90 Å². The normalized spacial score (nSPS) is 31.2. The van der Waals surface area contributed by atoms with Crippen LogP contribution in [0.5, 0.6) is 11.5 Å². The topological polar surface area (TPSA) is 68.0 Å². The molecule has 0 amide bonds. The van der Waals surface area contributed by atoms with Crippen LogP contribution in [0.1, 0.15) is 24.0 Å². The molecule has 3 N–H and O–H groups in total. The Morgan fingerprint density at radius 1 is 1.54 bits per heavy atom. The summed E-state index contributed by atoms with van der Waals surface area (Å²) in [5, 5.41) is 10.1. The van der Waals surface area contributed by atoms with Gasteiger partial charge in [0.15, 0.2) is 11.5 Å². The number of aliphatic hydroxyl groups excluding tert-OH is 1. The van der Waals surface area contributed by atoms with Crippen LogP contribution in [0.4, 0.5) is 0 Å². The maximum Gasteiger partial charge on any atom is 0.166 e. The van der Waals surface area contributed by atoms with Crippen LogP contribution >= 0.6 is 15.9 Å². The quantitative estimate of drug-likeness (QED) is 0.766. The summed E-state index contributed by atoms with van der Waals surface area (Å²) in [6.07, 6.45) is 5.16. The van der Waals surface area contributed by atoms with E-state index in [0.29, 0.717) is 13.0 Å². The van der Waals surface area contributed by atoms with Crippen LogP contribution in [0.25, 0.3) is 0 Å². The third kappa shape index (κ3) is 2.31. The average molecular weight is 395 g/mol. The molecule has 1 aromatic carbocycles. The van der Waals surface area contributed by atoms with Gasteiger partial charge in [0, 0.05) is 36.1 Å². The maximum absolute atomic E-state index is 10.1. The fraction of sp³-hybridized carbons (Fsp3) is 0.556. The SMILES string of the molecule is COc1cc(Br)c2c3c1OC1C[C@@H](O)C=CC31CCN(CCN)C2. The molecule has 3 atom stereocenters. The summed E-state index contributed by atoms with van der Waals surface area (Å²) < 4.78 is 12.9. The van der Waals surface area contributed by atoms with Crippen molar-refractivity contribution >= 4 is 15.9 Å². The predicted molar refractivity (Wildman–Crippen MR) is 95.5 cm³/mol. The molecule has 0 bridgehead atoms. The van der Waals surface area contributed by atoms with Crippen LogP contribution in [0, 0.1) is 0 Å². The fourth-order valence-electron chi connectivity index (χ4n) is 4.39. The molecule has 2 heterocycles. The molecule has 0 saturated heterocycles. The molecular weight excluding hydrogens is 372 g/mol. The van der Waals surface area contributed by atoms with Gasteiger partial charge in [-0.05, 0) is 24.6 Å². The third-order valence-electron chi connectivity index (χ3n) is 5.56. The first-order chi connectivity index (χ1) is 11.6. The molecule has 0 fully saturated rings. The Balaban J connectivity index is 1.92. The molecule has 130 valence electrons. The number of nitrogens with two attached hydrogens (primary N) is 1. The van der Waals surface area contributed by atoms with Crippen molar-refractivity contribution in [3.63, 3.8) is 0 Å². The smallest absolute Gasteiger partial charge is 0.166 e. The van der Waals surface area contributed by atoms with E-state index in [1.807, 2.05) is 12.1 Å². The van der Waals surface area contributed by atoms with Gasteiger partial charge in [0.1, 0.15) is 6.10 Å². The number of ether oxygens (including phenoxy) is 2. The number of methoxy groups -OCH3 is 1. The molecule has 5 nitrogen and oxygen atoms in total. The first-order valence-electron chi connectivity index (χ1n) is 8.45. The predicted octanol–water partition coefficient (Wildman–Crippen LogP) is 1.94. The van der Waals surface area contributed by atoms with Gasteiger partial charge in [-0.1, -0.05) is 28.1 Å². The molecule has 3 aliphatic rings. The highest BCUT2D eigenvalue weighted by atomic mass is 79.9. The van der Waals surface area contributed by atoms with Crippen LogP contribution in [-0.2, 0) is 12.0 Å². The van der Waals surface area contributed by atoms with Crippen LogP contribution in [0.15, 0.2) is 22.7 Å². The zero-order chi connectivity index (χ0) is 16.9. The number of hydrogen-bond acceptors (Lipinski definition) is 5. The molecule has 1 aromatic rings. The number of halogens is 1. The maximum atomic E-state index is 10.1. The van der Waals surface area contributed by atoms with Crippen molar-refractivity contribution in [1.82, 2.24) is 4.90 Å². The van der Waals surface area contributed by atoms with Gasteiger partial charge >= 0.3 is 0 Å². The van der Waals surface area contributed by atoms with E-state index in [1.54, 1.807) is 7.11 Å². The lowest BCUT2D eigenvalue weighted by molar-refractivity contribution is 0.0812. The molecule has 6 heteroatoms. The van der Waals surface area contributed by atoms with E-state index in [-0.39, 0.29) is 11.5 Å². The molecule has 0 saturated carbocycles. The van der Waals surface area contributed by atoms with Crippen molar-refractivity contribution in [1.29, 1.82) is 0 Å². The average Bonchev–Trinajstić information content (AvgIpc) is 2.79. The summed E-state index contributed by atoms with van der Waals surface area (Å²) in [6.45, 7) is 3.33. The minimum atomic E-state index is -0.448. The first kappa shape index (κ1) is 16.4. The third-order valence-corrected chi connectivity index (χ3v) is 6.27. The Labute approximate surface area is 150 Å². The highest BCUT2D eigenvalue weighted by molar-refractivity contribution is 9.10. The molecule has 0 aromatic heterocycles. The van der Waals surface area contributed by atoms with Gasteiger partial charge in [-0.15, -0.1) is 0 Å². The van der Waals surface area contributed by atoms with E-state index in [0.717, 1.165) is 42.0 Å². The number of benzene rings is 1. The number of hydrogen-bond donors (Lipinski definition) is 2. The lowest BCUT2D eigenvalue weighted by Crippen LogP contribution is -2.43. The van der Waals surface area contributed by atoms with Gasteiger partial charge in [0.25, 0.3) is 0 Å². The standard InChI is InChI=1S/C18H23BrN2O3/c1-23-14-9-13(19)12-10-21(7-5-20)6-4-18-3-2-11(22)8-15(18)24-17(14)16(12)18/h2-3,9,11,15,22H,4-8,10,20H2,1H3/t11-,15?,18?/m0/s1. The van der Waals surface area contributed by atoms with Crippen LogP contribution in [0.2, 0.25) is 0 Å². The van der Waals surface area contributed by atoms with E-state index in [1.165, 1.54) is 11.1 Å².